The minimum absolute atomic E-state index is 0.111. The first-order chi connectivity index (χ1) is 17.1. The van der Waals surface area contributed by atoms with Crippen molar-refractivity contribution in [2.24, 2.45) is 0 Å². The van der Waals surface area contributed by atoms with E-state index >= 15 is 0 Å². The SMILES string of the molecule is Fc1ccc(-c2nnco2)cc1.O=C(CCCc1nc2ccccc2c(=O)[nH]1)NC1CCCCC1. The van der Waals surface area contributed by atoms with Gasteiger partial charge >= 0.3 is 0 Å². The number of aryl methyl sites for hydroxylation is 1. The van der Waals surface area contributed by atoms with Crippen LogP contribution in [-0.4, -0.2) is 32.1 Å². The fourth-order valence-electron chi connectivity index (χ4n) is 4.11. The molecule has 2 aromatic heterocycles. The fraction of sp³-hybridized carbons (Fsp3) is 0.346. The topological polar surface area (TPSA) is 114 Å². The Kier molecular flexibility index (Phi) is 8.32. The van der Waals surface area contributed by atoms with Crippen molar-refractivity contribution >= 4 is 16.8 Å². The van der Waals surface area contributed by atoms with Gasteiger partial charge in [-0.25, -0.2) is 9.37 Å². The van der Waals surface area contributed by atoms with Gasteiger partial charge in [-0.2, -0.15) is 0 Å². The van der Waals surface area contributed by atoms with E-state index < -0.39 is 0 Å². The van der Waals surface area contributed by atoms with E-state index in [9.17, 15) is 14.0 Å². The molecule has 0 spiro atoms. The van der Waals surface area contributed by atoms with Crippen LogP contribution in [0.25, 0.3) is 22.4 Å². The molecule has 1 aliphatic rings. The number of nitrogens with zero attached hydrogens (tertiary/aromatic N) is 3. The highest BCUT2D eigenvalue weighted by molar-refractivity contribution is 5.77. The van der Waals surface area contributed by atoms with Gasteiger partial charge in [-0.15, -0.1) is 10.2 Å². The summed E-state index contributed by atoms with van der Waals surface area (Å²) in [5.74, 6) is 0.882. The number of fused-ring (bicyclic) bond motifs is 1. The molecular weight excluding hydrogens is 449 g/mol. The van der Waals surface area contributed by atoms with Crippen molar-refractivity contribution in [1.82, 2.24) is 25.5 Å². The molecule has 2 N–H and O–H groups in total. The molecule has 0 radical (unpaired) electrons. The largest absolute Gasteiger partial charge is 0.423 e. The number of para-hydroxylation sites is 1. The highest BCUT2D eigenvalue weighted by Gasteiger charge is 2.15. The highest BCUT2D eigenvalue weighted by Crippen LogP contribution is 2.18. The number of halogens is 1. The first-order valence-corrected chi connectivity index (χ1v) is 11.9. The molecule has 9 heteroatoms. The predicted molar refractivity (Wildman–Crippen MR) is 130 cm³/mol. The van der Waals surface area contributed by atoms with Crippen LogP contribution in [0.5, 0.6) is 0 Å². The van der Waals surface area contributed by atoms with Gasteiger partial charge in [0, 0.05) is 24.4 Å². The number of aromatic nitrogens is 4. The van der Waals surface area contributed by atoms with Gasteiger partial charge in [-0.1, -0.05) is 31.4 Å². The Balaban J connectivity index is 0.000000201. The predicted octanol–water partition coefficient (Wildman–Crippen LogP) is 4.57. The number of aromatic amines is 1. The molecule has 8 nitrogen and oxygen atoms in total. The van der Waals surface area contributed by atoms with E-state index in [1.165, 1.54) is 37.8 Å². The van der Waals surface area contributed by atoms with Gasteiger partial charge in [0.15, 0.2) is 0 Å². The van der Waals surface area contributed by atoms with Crippen LogP contribution in [0, 0.1) is 5.82 Å². The van der Waals surface area contributed by atoms with E-state index in [2.05, 4.69) is 25.5 Å². The zero-order valence-electron chi connectivity index (χ0n) is 19.4. The number of H-pyrrole nitrogens is 1. The maximum Gasteiger partial charge on any atom is 0.258 e. The fourth-order valence-corrected chi connectivity index (χ4v) is 4.11. The van der Waals surface area contributed by atoms with Gasteiger partial charge in [0.25, 0.3) is 5.56 Å². The Labute approximate surface area is 202 Å². The van der Waals surface area contributed by atoms with Crippen molar-refractivity contribution < 1.29 is 13.6 Å². The Hall–Kier alpha value is -3.88. The standard InChI is InChI=1S/C18H23N3O2.C8H5FN2O/c22-17(19-13-7-2-1-3-8-13)12-6-11-16-20-15-10-5-4-9-14(15)18(23)21-16;9-7-3-1-6(2-4-7)8-11-10-5-12-8/h4-5,9-10,13H,1-3,6-8,11-12H2,(H,19,22)(H,20,21,23);1-5H. The van der Waals surface area contributed by atoms with Crippen molar-refractivity contribution in [2.75, 3.05) is 0 Å². The van der Waals surface area contributed by atoms with Crippen LogP contribution in [0.15, 0.2) is 64.1 Å². The first kappa shape index (κ1) is 24.3. The summed E-state index contributed by atoms with van der Waals surface area (Å²) in [4.78, 5) is 31.2. The number of nitrogens with one attached hydrogen (secondary N) is 2. The summed E-state index contributed by atoms with van der Waals surface area (Å²) in [6, 6.07) is 13.5. The molecule has 0 saturated heterocycles. The molecule has 1 saturated carbocycles. The third-order valence-corrected chi connectivity index (χ3v) is 5.90. The molecule has 1 amide bonds. The summed E-state index contributed by atoms with van der Waals surface area (Å²) in [6.45, 7) is 0. The number of amides is 1. The molecule has 182 valence electrons. The molecule has 2 aromatic carbocycles. The second-order valence-corrected chi connectivity index (χ2v) is 8.54. The summed E-state index contributed by atoms with van der Waals surface area (Å²) in [5, 5.41) is 10.9. The van der Waals surface area contributed by atoms with Gasteiger partial charge in [0.05, 0.1) is 10.9 Å². The smallest absolute Gasteiger partial charge is 0.258 e. The highest BCUT2D eigenvalue weighted by atomic mass is 19.1. The molecule has 0 unspecified atom stereocenters. The van der Waals surface area contributed by atoms with Gasteiger partial charge < -0.3 is 14.7 Å². The second kappa shape index (κ2) is 12.0. The number of carbonyl (C=O) groups excluding carboxylic acids is 1. The lowest BCUT2D eigenvalue weighted by Gasteiger charge is -2.22. The molecule has 5 rings (SSSR count). The minimum Gasteiger partial charge on any atom is -0.423 e. The lowest BCUT2D eigenvalue weighted by molar-refractivity contribution is -0.122. The van der Waals surface area contributed by atoms with E-state index in [1.807, 2.05) is 18.2 Å². The number of hydrogen-bond acceptors (Lipinski definition) is 6. The summed E-state index contributed by atoms with van der Waals surface area (Å²) in [7, 11) is 0. The lowest BCUT2D eigenvalue weighted by atomic mass is 9.95. The third kappa shape index (κ3) is 7.05. The molecule has 0 atom stereocenters. The zero-order valence-corrected chi connectivity index (χ0v) is 19.4. The Bertz CT molecular complexity index is 1280. The number of hydrogen-bond donors (Lipinski definition) is 2. The maximum atomic E-state index is 12.5. The molecule has 2 heterocycles. The summed E-state index contributed by atoms with van der Waals surface area (Å²) in [6.07, 6.45) is 8.94. The van der Waals surface area contributed by atoms with Gasteiger partial charge in [0.1, 0.15) is 11.6 Å². The quantitative estimate of drug-likeness (QED) is 0.421. The monoisotopic (exact) mass is 477 g/mol. The maximum absolute atomic E-state index is 12.5. The van der Waals surface area contributed by atoms with Gasteiger partial charge in [0.2, 0.25) is 18.2 Å². The van der Waals surface area contributed by atoms with Gasteiger partial charge in [-0.3, -0.25) is 9.59 Å². The molecule has 4 aromatic rings. The van der Waals surface area contributed by atoms with Crippen molar-refractivity contribution in [3.63, 3.8) is 0 Å². The van der Waals surface area contributed by atoms with E-state index in [1.54, 1.807) is 18.2 Å². The van der Waals surface area contributed by atoms with E-state index in [0.29, 0.717) is 53.5 Å². The number of benzene rings is 2. The van der Waals surface area contributed by atoms with Crippen LogP contribution in [-0.2, 0) is 11.2 Å². The average Bonchev–Trinajstić information content (AvgIpc) is 3.41. The van der Waals surface area contributed by atoms with Crippen LogP contribution in [0.3, 0.4) is 0 Å². The van der Waals surface area contributed by atoms with Crippen LogP contribution < -0.4 is 10.9 Å². The zero-order chi connectivity index (χ0) is 24.5. The molecule has 1 fully saturated rings. The van der Waals surface area contributed by atoms with E-state index in [4.69, 9.17) is 4.42 Å². The second-order valence-electron chi connectivity index (χ2n) is 8.54. The molecule has 35 heavy (non-hydrogen) atoms. The Morgan fingerprint density at radius 1 is 1.09 bits per heavy atom. The summed E-state index contributed by atoms with van der Waals surface area (Å²) >= 11 is 0. The lowest BCUT2D eigenvalue weighted by Crippen LogP contribution is -2.36. The van der Waals surface area contributed by atoms with E-state index in [0.717, 1.165) is 12.8 Å². The third-order valence-electron chi connectivity index (χ3n) is 5.90. The van der Waals surface area contributed by atoms with Crippen LogP contribution in [0.1, 0.15) is 50.8 Å². The first-order valence-electron chi connectivity index (χ1n) is 11.9. The van der Waals surface area contributed by atoms with Crippen molar-refractivity contribution in [3.8, 4) is 11.5 Å². The average molecular weight is 478 g/mol. The van der Waals surface area contributed by atoms with Crippen molar-refractivity contribution in [2.45, 2.75) is 57.4 Å². The number of rotatable bonds is 6. The van der Waals surface area contributed by atoms with Crippen LogP contribution >= 0.6 is 0 Å². The molecular formula is C26H28FN5O3. The van der Waals surface area contributed by atoms with Crippen molar-refractivity contribution in [3.05, 3.63) is 76.9 Å². The summed E-state index contributed by atoms with van der Waals surface area (Å²) < 4.78 is 17.4. The van der Waals surface area contributed by atoms with Gasteiger partial charge in [-0.05, 0) is 55.7 Å². The normalized spacial score (nSPS) is 13.7. The van der Waals surface area contributed by atoms with Crippen LogP contribution in [0.2, 0.25) is 0 Å². The Morgan fingerprint density at radius 3 is 2.60 bits per heavy atom. The molecule has 0 aliphatic heterocycles. The molecule has 1 aliphatic carbocycles. The van der Waals surface area contributed by atoms with Crippen molar-refractivity contribution in [1.29, 1.82) is 0 Å². The van der Waals surface area contributed by atoms with Crippen LogP contribution in [0.4, 0.5) is 4.39 Å². The Morgan fingerprint density at radius 2 is 1.86 bits per heavy atom. The van der Waals surface area contributed by atoms with E-state index in [-0.39, 0.29) is 17.3 Å². The summed E-state index contributed by atoms with van der Waals surface area (Å²) in [5.41, 5.74) is 1.31. The molecule has 0 bridgehead atoms. The minimum atomic E-state index is -0.279. The number of carbonyl (C=O) groups is 1.